The molecule has 0 bridgehead atoms. The molecule has 3 heteroatoms. The van der Waals surface area contributed by atoms with Crippen molar-refractivity contribution in [3.05, 3.63) is 0 Å². The lowest BCUT2D eigenvalue weighted by atomic mass is 9.85. The summed E-state index contributed by atoms with van der Waals surface area (Å²) in [7, 11) is 0. The lowest BCUT2D eigenvalue weighted by Crippen LogP contribution is -2.60. The standard InChI is InChI=1S/C15H29N3/c16-13-15(8-12-17-9-6-7-14(15)17)18-10-4-2-1-3-5-11-18/h14H,1-13,16H2. The van der Waals surface area contributed by atoms with Crippen LogP contribution in [0.5, 0.6) is 0 Å². The number of fused-ring (bicyclic) bond motifs is 1. The Morgan fingerprint density at radius 1 is 0.889 bits per heavy atom. The topological polar surface area (TPSA) is 32.5 Å². The van der Waals surface area contributed by atoms with E-state index in [1.807, 2.05) is 0 Å². The minimum Gasteiger partial charge on any atom is -0.329 e. The van der Waals surface area contributed by atoms with Crippen LogP contribution < -0.4 is 5.73 Å². The molecule has 0 spiro atoms. The van der Waals surface area contributed by atoms with Gasteiger partial charge in [-0.25, -0.2) is 0 Å². The Morgan fingerprint density at radius 3 is 2.33 bits per heavy atom. The van der Waals surface area contributed by atoms with E-state index in [0.29, 0.717) is 5.54 Å². The van der Waals surface area contributed by atoms with Crippen LogP contribution in [0.15, 0.2) is 0 Å². The fraction of sp³-hybridized carbons (Fsp3) is 1.00. The smallest absolute Gasteiger partial charge is 0.0498 e. The minimum atomic E-state index is 0.327. The van der Waals surface area contributed by atoms with Crippen LogP contribution in [0.3, 0.4) is 0 Å². The van der Waals surface area contributed by atoms with E-state index in [1.165, 1.54) is 77.5 Å². The molecule has 0 aromatic rings. The fourth-order valence-corrected chi connectivity index (χ4v) is 4.63. The van der Waals surface area contributed by atoms with Gasteiger partial charge < -0.3 is 5.73 Å². The van der Waals surface area contributed by atoms with Crippen LogP contribution in [0.4, 0.5) is 0 Å². The van der Waals surface area contributed by atoms with Crippen molar-refractivity contribution in [2.24, 2.45) is 5.73 Å². The number of hydrogen-bond acceptors (Lipinski definition) is 3. The molecule has 2 unspecified atom stereocenters. The van der Waals surface area contributed by atoms with Gasteiger partial charge in [-0.3, -0.25) is 9.80 Å². The van der Waals surface area contributed by atoms with Crippen molar-refractivity contribution in [3.8, 4) is 0 Å². The van der Waals surface area contributed by atoms with Gasteiger partial charge >= 0.3 is 0 Å². The molecule has 3 saturated heterocycles. The predicted molar refractivity (Wildman–Crippen MR) is 75.7 cm³/mol. The van der Waals surface area contributed by atoms with Crippen molar-refractivity contribution >= 4 is 0 Å². The molecule has 2 atom stereocenters. The van der Waals surface area contributed by atoms with Crippen LogP contribution >= 0.6 is 0 Å². The third-order valence-electron chi connectivity index (χ3n) is 5.66. The monoisotopic (exact) mass is 251 g/mol. The second-order valence-electron chi connectivity index (χ2n) is 6.51. The molecular weight excluding hydrogens is 222 g/mol. The normalized spacial score (nSPS) is 39.5. The van der Waals surface area contributed by atoms with Crippen molar-refractivity contribution in [2.45, 2.75) is 62.9 Å². The average molecular weight is 251 g/mol. The lowest BCUT2D eigenvalue weighted by Gasteiger charge is -2.45. The third-order valence-corrected chi connectivity index (χ3v) is 5.66. The van der Waals surface area contributed by atoms with Gasteiger partial charge in [0, 0.05) is 24.7 Å². The maximum absolute atomic E-state index is 6.28. The average Bonchev–Trinajstić information content (AvgIpc) is 2.91. The summed E-state index contributed by atoms with van der Waals surface area (Å²) < 4.78 is 0. The van der Waals surface area contributed by atoms with E-state index in [-0.39, 0.29) is 0 Å². The highest BCUT2D eigenvalue weighted by molar-refractivity contribution is 5.09. The van der Waals surface area contributed by atoms with E-state index in [4.69, 9.17) is 5.73 Å². The Kier molecular flexibility index (Phi) is 3.92. The summed E-state index contributed by atoms with van der Waals surface area (Å²) >= 11 is 0. The molecule has 18 heavy (non-hydrogen) atoms. The number of nitrogens with zero attached hydrogens (tertiary/aromatic N) is 2. The highest BCUT2D eigenvalue weighted by Gasteiger charge is 2.51. The lowest BCUT2D eigenvalue weighted by molar-refractivity contribution is 0.0575. The van der Waals surface area contributed by atoms with E-state index < -0.39 is 0 Å². The Hall–Kier alpha value is -0.120. The summed E-state index contributed by atoms with van der Waals surface area (Å²) in [5, 5.41) is 0. The first-order valence-corrected chi connectivity index (χ1v) is 8.06. The maximum atomic E-state index is 6.28. The second-order valence-corrected chi connectivity index (χ2v) is 6.51. The van der Waals surface area contributed by atoms with Crippen LogP contribution in [0.25, 0.3) is 0 Å². The molecule has 0 aromatic carbocycles. The maximum Gasteiger partial charge on any atom is 0.0498 e. The fourth-order valence-electron chi connectivity index (χ4n) is 4.63. The van der Waals surface area contributed by atoms with Gasteiger partial charge in [-0.15, -0.1) is 0 Å². The number of likely N-dealkylation sites (tertiary alicyclic amines) is 1. The summed E-state index contributed by atoms with van der Waals surface area (Å²) in [6.45, 7) is 6.07. The Labute approximate surface area is 112 Å². The first-order valence-electron chi connectivity index (χ1n) is 8.06. The van der Waals surface area contributed by atoms with E-state index in [0.717, 1.165) is 12.6 Å². The van der Waals surface area contributed by atoms with Crippen LogP contribution in [0.2, 0.25) is 0 Å². The molecule has 3 aliphatic heterocycles. The van der Waals surface area contributed by atoms with Gasteiger partial charge in [0.05, 0.1) is 0 Å². The summed E-state index contributed by atoms with van der Waals surface area (Å²) in [6, 6.07) is 0.766. The SMILES string of the molecule is NCC1(N2CCCCCCC2)CCN2CCCC21. The molecule has 0 amide bonds. The van der Waals surface area contributed by atoms with Gasteiger partial charge in [0.15, 0.2) is 0 Å². The van der Waals surface area contributed by atoms with Crippen LogP contribution in [-0.2, 0) is 0 Å². The highest BCUT2D eigenvalue weighted by Crippen LogP contribution is 2.40. The molecule has 104 valence electrons. The quantitative estimate of drug-likeness (QED) is 0.812. The first-order chi connectivity index (χ1) is 8.87. The van der Waals surface area contributed by atoms with E-state index in [9.17, 15) is 0 Å². The molecule has 0 aromatic heterocycles. The van der Waals surface area contributed by atoms with Crippen LogP contribution in [0, 0.1) is 0 Å². The zero-order valence-electron chi connectivity index (χ0n) is 11.7. The first kappa shape index (κ1) is 12.9. The van der Waals surface area contributed by atoms with Gasteiger partial charge in [-0.1, -0.05) is 19.3 Å². The molecule has 3 heterocycles. The van der Waals surface area contributed by atoms with Gasteiger partial charge in [0.2, 0.25) is 0 Å². The molecular formula is C15H29N3. The van der Waals surface area contributed by atoms with Gasteiger partial charge in [-0.05, 0) is 51.7 Å². The second kappa shape index (κ2) is 5.48. The summed E-state index contributed by atoms with van der Waals surface area (Å²) in [5.74, 6) is 0. The number of hydrogen-bond donors (Lipinski definition) is 1. The van der Waals surface area contributed by atoms with Crippen molar-refractivity contribution in [1.82, 2.24) is 9.80 Å². The van der Waals surface area contributed by atoms with Crippen LogP contribution in [-0.4, -0.2) is 54.1 Å². The highest BCUT2D eigenvalue weighted by atomic mass is 15.3. The van der Waals surface area contributed by atoms with Gasteiger partial charge in [0.25, 0.3) is 0 Å². The molecule has 2 N–H and O–H groups in total. The molecule has 0 aliphatic carbocycles. The summed E-state index contributed by atoms with van der Waals surface area (Å²) in [4.78, 5) is 5.51. The molecule has 3 nitrogen and oxygen atoms in total. The third kappa shape index (κ3) is 2.10. The van der Waals surface area contributed by atoms with E-state index in [1.54, 1.807) is 0 Å². The number of rotatable bonds is 2. The van der Waals surface area contributed by atoms with Crippen molar-refractivity contribution < 1.29 is 0 Å². The van der Waals surface area contributed by atoms with E-state index >= 15 is 0 Å². The molecule has 0 radical (unpaired) electrons. The minimum absolute atomic E-state index is 0.327. The summed E-state index contributed by atoms with van der Waals surface area (Å²) in [6.07, 6.45) is 11.1. The van der Waals surface area contributed by atoms with Crippen molar-refractivity contribution in [2.75, 3.05) is 32.7 Å². The largest absolute Gasteiger partial charge is 0.329 e. The molecule has 0 saturated carbocycles. The van der Waals surface area contributed by atoms with Crippen molar-refractivity contribution in [3.63, 3.8) is 0 Å². The van der Waals surface area contributed by atoms with Gasteiger partial charge in [-0.2, -0.15) is 0 Å². The van der Waals surface area contributed by atoms with E-state index in [2.05, 4.69) is 9.80 Å². The Morgan fingerprint density at radius 2 is 1.61 bits per heavy atom. The summed E-state index contributed by atoms with van der Waals surface area (Å²) in [5.41, 5.74) is 6.60. The van der Waals surface area contributed by atoms with Crippen LogP contribution in [0.1, 0.15) is 51.4 Å². The predicted octanol–water partition coefficient (Wildman–Crippen LogP) is 1.82. The molecule has 3 aliphatic rings. The van der Waals surface area contributed by atoms with Gasteiger partial charge in [0.1, 0.15) is 0 Å². The van der Waals surface area contributed by atoms with Crippen molar-refractivity contribution in [1.29, 1.82) is 0 Å². The Balaban J connectivity index is 1.76. The Bertz CT molecular complexity index is 273. The molecule has 3 rings (SSSR count). The molecule has 3 fully saturated rings. The zero-order chi connectivity index (χ0) is 12.4. The zero-order valence-corrected chi connectivity index (χ0v) is 11.7. The number of nitrogens with two attached hydrogens (primary N) is 1.